The summed E-state index contributed by atoms with van der Waals surface area (Å²) in [4.78, 5) is 0. The van der Waals surface area contributed by atoms with Crippen molar-refractivity contribution in [3.63, 3.8) is 0 Å². The summed E-state index contributed by atoms with van der Waals surface area (Å²) in [5.74, 6) is 3.26. The van der Waals surface area contributed by atoms with E-state index in [0.29, 0.717) is 18.2 Å². The molecule has 0 aliphatic carbocycles. The fourth-order valence-electron chi connectivity index (χ4n) is 1.79. The van der Waals surface area contributed by atoms with E-state index in [1.165, 1.54) is 7.11 Å². The zero-order valence-electron chi connectivity index (χ0n) is 7.62. The number of hydrogen-bond acceptors (Lipinski definition) is 2. The molecule has 2 nitrogen and oxygen atoms in total. The minimum Gasteiger partial charge on any atom is -0.332 e. The molecule has 3 heteroatoms. The summed E-state index contributed by atoms with van der Waals surface area (Å²) in [6.45, 7) is 2.08. The second kappa shape index (κ2) is 3.64. The van der Waals surface area contributed by atoms with Gasteiger partial charge in [0.2, 0.25) is 7.37 Å². The molecule has 0 spiro atoms. The smallest absolute Gasteiger partial charge is 0.204 e. The molecule has 12 heavy (non-hydrogen) atoms. The Balaban J connectivity index is 2.71. The lowest BCUT2D eigenvalue weighted by atomic mass is 9.99. The molecule has 3 unspecified atom stereocenters. The third kappa shape index (κ3) is 2.12. The average Bonchev–Trinajstić information content (AvgIpc) is 2.03. The Morgan fingerprint density at radius 3 is 2.75 bits per heavy atom. The van der Waals surface area contributed by atoms with Crippen molar-refractivity contribution in [2.45, 2.75) is 13.3 Å². The maximum Gasteiger partial charge on any atom is 0.204 e. The van der Waals surface area contributed by atoms with E-state index in [1.54, 1.807) is 0 Å². The zero-order chi connectivity index (χ0) is 9.19. The third-order valence-electron chi connectivity index (χ3n) is 2.34. The standard InChI is InChI=1S/C9H15O2P/c1-4-9-5-8(2)6-12(10,7-9)11-3/h1,8-9H,5-7H2,2-3H3. The third-order valence-corrected chi connectivity index (χ3v) is 5.19. The van der Waals surface area contributed by atoms with Crippen molar-refractivity contribution in [3.05, 3.63) is 0 Å². The van der Waals surface area contributed by atoms with Crippen molar-refractivity contribution in [3.8, 4) is 12.3 Å². The first kappa shape index (κ1) is 9.84. The molecule has 0 aromatic carbocycles. The quantitative estimate of drug-likeness (QED) is 0.463. The van der Waals surface area contributed by atoms with Gasteiger partial charge >= 0.3 is 0 Å². The summed E-state index contributed by atoms with van der Waals surface area (Å²) in [5, 5.41) is 0. The van der Waals surface area contributed by atoms with E-state index in [1.807, 2.05) is 0 Å². The van der Waals surface area contributed by atoms with Crippen LogP contribution in [0.5, 0.6) is 0 Å². The van der Waals surface area contributed by atoms with E-state index in [4.69, 9.17) is 10.9 Å². The first-order chi connectivity index (χ1) is 5.59. The molecule has 0 N–H and O–H groups in total. The van der Waals surface area contributed by atoms with Crippen LogP contribution in [-0.4, -0.2) is 19.4 Å². The molecule has 0 radical (unpaired) electrons. The number of terminal acetylenes is 1. The van der Waals surface area contributed by atoms with Crippen molar-refractivity contribution < 1.29 is 9.09 Å². The molecule has 0 bridgehead atoms. The van der Waals surface area contributed by atoms with Crippen LogP contribution in [0.15, 0.2) is 0 Å². The molecule has 0 saturated carbocycles. The largest absolute Gasteiger partial charge is 0.332 e. The summed E-state index contributed by atoms with van der Waals surface area (Å²) >= 11 is 0. The van der Waals surface area contributed by atoms with E-state index in [0.717, 1.165) is 6.42 Å². The summed E-state index contributed by atoms with van der Waals surface area (Å²) in [6, 6.07) is 0. The van der Waals surface area contributed by atoms with E-state index in [2.05, 4.69) is 12.8 Å². The van der Waals surface area contributed by atoms with Gasteiger partial charge in [0.25, 0.3) is 0 Å². The van der Waals surface area contributed by atoms with Gasteiger partial charge in [-0.05, 0) is 12.3 Å². The zero-order valence-corrected chi connectivity index (χ0v) is 8.51. The van der Waals surface area contributed by atoms with Crippen molar-refractivity contribution in [2.24, 2.45) is 11.8 Å². The lowest BCUT2D eigenvalue weighted by Gasteiger charge is -2.29. The molecule has 68 valence electrons. The molecule has 0 aromatic heterocycles. The second-order valence-corrected chi connectivity index (χ2v) is 6.29. The van der Waals surface area contributed by atoms with E-state index in [-0.39, 0.29) is 5.92 Å². The SMILES string of the molecule is C#CC1CC(C)CP(=O)(OC)C1. The maximum atomic E-state index is 11.9. The fraction of sp³-hybridized carbons (Fsp3) is 0.778. The predicted molar refractivity (Wildman–Crippen MR) is 50.5 cm³/mol. The fourth-order valence-corrected chi connectivity index (χ4v) is 4.26. The molecule has 1 aliphatic heterocycles. The molecular formula is C9H15O2P. The molecule has 1 saturated heterocycles. The van der Waals surface area contributed by atoms with Crippen molar-refractivity contribution in [1.29, 1.82) is 0 Å². The topological polar surface area (TPSA) is 26.3 Å². The monoisotopic (exact) mass is 186 g/mol. The number of rotatable bonds is 1. The highest BCUT2D eigenvalue weighted by Crippen LogP contribution is 2.53. The van der Waals surface area contributed by atoms with Gasteiger partial charge in [0.15, 0.2) is 0 Å². The first-order valence-electron chi connectivity index (χ1n) is 4.19. The Morgan fingerprint density at radius 2 is 2.25 bits per heavy atom. The molecule has 1 rings (SSSR count). The second-order valence-electron chi connectivity index (χ2n) is 3.57. The average molecular weight is 186 g/mol. The summed E-state index contributed by atoms with van der Waals surface area (Å²) in [5.41, 5.74) is 0. The van der Waals surface area contributed by atoms with Crippen LogP contribution in [0.2, 0.25) is 0 Å². The minimum absolute atomic E-state index is 0.152. The Bertz CT molecular complexity index is 241. The molecule has 0 amide bonds. The Morgan fingerprint density at radius 1 is 1.58 bits per heavy atom. The van der Waals surface area contributed by atoms with Crippen LogP contribution in [0.25, 0.3) is 0 Å². The summed E-state index contributed by atoms with van der Waals surface area (Å²) < 4.78 is 16.9. The van der Waals surface area contributed by atoms with E-state index < -0.39 is 7.37 Å². The van der Waals surface area contributed by atoms with E-state index >= 15 is 0 Å². The van der Waals surface area contributed by atoms with Gasteiger partial charge in [-0.15, -0.1) is 12.3 Å². The van der Waals surface area contributed by atoms with Gasteiger partial charge in [0.1, 0.15) is 0 Å². The molecule has 0 aromatic rings. The Hall–Kier alpha value is -0.250. The maximum absolute atomic E-state index is 11.9. The Kier molecular flexibility index (Phi) is 2.99. The molecule has 1 fully saturated rings. The number of hydrogen-bond donors (Lipinski definition) is 0. The van der Waals surface area contributed by atoms with Gasteiger partial charge in [-0.1, -0.05) is 6.92 Å². The molecule has 1 aliphatic rings. The normalized spacial score (nSPS) is 42.1. The highest BCUT2D eigenvalue weighted by atomic mass is 31.2. The lowest BCUT2D eigenvalue weighted by molar-refractivity contribution is 0.357. The van der Waals surface area contributed by atoms with E-state index in [9.17, 15) is 4.57 Å². The van der Waals surface area contributed by atoms with Crippen LogP contribution in [0, 0.1) is 24.2 Å². The summed E-state index contributed by atoms with van der Waals surface area (Å²) in [6.07, 6.45) is 7.57. The van der Waals surface area contributed by atoms with Crippen molar-refractivity contribution >= 4 is 7.37 Å². The highest BCUT2D eigenvalue weighted by molar-refractivity contribution is 7.59. The lowest BCUT2D eigenvalue weighted by Crippen LogP contribution is -2.21. The molecular weight excluding hydrogens is 171 g/mol. The first-order valence-corrected chi connectivity index (χ1v) is 6.19. The van der Waals surface area contributed by atoms with Crippen LogP contribution in [0.3, 0.4) is 0 Å². The predicted octanol–water partition coefficient (Wildman–Crippen LogP) is 2.20. The van der Waals surface area contributed by atoms with Gasteiger partial charge in [-0.2, -0.15) is 0 Å². The van der Waals surface area contributed by atoms with Crippen LogP contribution < -0.4 is 0 Å². The van der Waals surface area contributed by atoms with Crippen LogP contribution >= 0.6 is 7.37 Å². The molecule has 3 atom stereocenters. The van der Waals surface area contributed by atoms with Crippen LogP contribution in [0.1, 0.15) is 13.3 Å². The van der Waals surface area contributed by atoms with Gasteiger partial charge < -0.3 is 4.52 Å². The highest BCUT2D eigenvalue weighted by Gasteiger charge is 2.33. The van der Waals surface area contributed by atoms with Gasteiger partial charge in [0.05, 0.1) is 0 Å². The van der Waals surface area contributed by atoms with Crippen LogP contribution in [0.4, 0.5) is 0 Å². The van der Waals surface area contributed by atoms with Gasteiger partial charge in [0, 0.05) is 25.4 Å². The van der Waals surface area contributed by atoms with Crippen molar-refractivity contribution in [2.75, 3.05) is 19.4 Å². The minimum atomic E-state index is -2.37. The Labute approximate surface area is 74.1 Å². The van der Waals surface area contributed by atoms with Gasteiger partial charge in [-0.25, -0.2) is 0 Å². The van der Waals surface area contributed by atoms with Gasteiger partial charge in [-0.3, -0.25) is 4.57 Å². The van der Waals surface area contributed by atoms with Crippen molar-refractivity contribution in [1.82, 2.24) is 0 Å². The summed E-state index contributed by atoms with van der Waals surface area (Å²) in [7, 11) is -0.845. The molecule has 1 heterocycles. The van der Waals surface area contributed by atoms with Crippen LogP contribution in [-0.2, 0) is 9.09 Å².